The van der Waals surface area contributed by atoms with E-state index in [2.05, 4.69) is 10.3 Å². The molecular formula is C13H15FN2OS. The first kappa shape index (κ1) is 13.0. The number of hydrogen-bond acceptors (Lipinski definition) is 4. The van der Waals surface area contributed by atoms with E-state index in [1.165, 1.54) is 13.2 Å². The van der Waals surface area contributed by atoms with Crippen LogP contribution in [0, 0.1) is 12.7 Å². The van der Waals surface area contributed by atoms with E-state index >= 15 is 0 Å². The largest absolute Gasteiger partial charge is 0.497 e. The zero-order valence-corrected chi connectivity index (χ0v) is 11.2. The predicted octanol–water partition coefficient (Wildman–Crippen LogP) is 2.89. The molecule has 0 fully saturated rings. The van der Waals surface area contributed by atoms with E-state index in [-0.39, 0.29) is 5.82 Å². The zero-order valence-electron chi connectivity index (χ0n) is 10.4. The summed E-state index contributed by atoms with van der Waals surface area (Å²) in [6.45, 7) is 3.10. The van der Waals surface area contributed by atoms with Gasteiger partial charge in [0.1, 0.15) is 11.6 Å². The van der Waals surface area contributed by atoms with E-state index in [9.17, 15) is 4.39 Å². The van der Waals surface area contributed by atoms with Gasteiger partial charge in [-0.2, -0.15) is 0 Å². The fraction of sp³-hybridized carbons (Fsp3) is 0.308. The third-order valence-corrected chi connectivity index (χ3v) is 3.37. The molecule has 1 aromatic heterocycles. The fourth-order valence-electron chi connectivity index (χ4n) is 1.61. The fourth-order valence-corrected chi connectivity index (χ4v) is 2.23. The standard InChI is InChI=1S/C13H15FN2OS/c1-9-16-11(8-18-9)7-15-6-10-3-4-12(17-2)5-13(10)14/h3-5,8,15H,6-7H2,1-2H3. The Balaban J connectivity index is 1.90. The van der Waals surface area contributed by atoms with Crippen LogP contribution in [-0.2, 0) is 13.1 Å². The highest BCUT2D eigenvalue weighted by atomic mass is 32.1. The smallest absolute Gasteiger partial charge is 0.131 e. The van der Waals surface area contributed by atoms with Crippen molar-refractivity contribution in [2.75, 3.05) is 7.11 Å². The van der Waals surface area contributed by atoms with E-state index < -0.39 is 0 Å². The van der Waals surface area contributed by atoms with Gasteiger partial charge in [0, 0.05) is 30.1 Å². The van der Waals surface area contributed by atoms with Crippen LogP contribution in [0.25, 0.3) is 0 Å². The van der Waals surface area contributed by atoms with Crippen LogP contribution in [0.1, 0.15) is 16.3 Å². The van der Waals surface area contributed by atoms with Crippen molar-refractivity contribution in [2.45, 2.75) is 20.0 Å². The highest BCUT2D eigenvalue weighted by Crippen LogP contribution is 2.16. The molecule has 96 valence electrons. The molecule has 0 aliphatic rings. The first-order valence-corrected chi connectivity index (χ1v) is 6.51. The Hall–Kier alpha value is -1.46. The molecule has 0 aliphatic carbocycles. The first-order chi connectivity index (χ1) is 8.69. The quantitative estimate of drug-likeness (QED) is 0.903. The minimum Gasteiger partial charge on any atom is -0.497 e. The molecule has 0 atom stereocenters. The molecule has 1 N–H and O–H groups in total. The van der Waals surface area contributed by atoms with Gasteiger partial charge in [0.25, 0.3) is 0 Å². The number of aromatic nitrogens is 1. The molecule has 18 heavy (non-hydrogen) atoms. The number of nitrogens with zero attached hydrogens (tertiary/aromatic N) is 1. The third kappa shape index (κ3) is 3.27. The normalized spacial score (nSPS) is 10.6. The van der Waals surface area contributed by atoms with Gasteiger partial charge in [0.05, 0.1) is 17.8 Å². The van der Waals surface area contributed by atoms with Crippen LogP contribution in [0.15, 0.2) is 23.6 Å². The van der Waals surface area contributed by atoms with E-state index in [4.69, 9.17) is 4.74 Å². The summed E-state index contributed by atoms with van der Waals surface area (Å²) in [5.41, 5.74) is 1.62. The Morgan fingerprint density at radius 1 is 1.39 bits per heavy atom. The topological polar surface area (TPSA) is 34.1 Å². The van der Waals surface area contributed by atoms with Crippen molar-refractivity contribution < 1.29 is 9.13 Å². The van der Waals surface area contributed by atoms with Crippen molar-refractivity contribution >= 4 is 11.3 Å². The average Bonchev–Trinajstić information content (AvgIpc) is 2.77. The Morgan fingerprint density at radius 2 is 2.22 bits per heavy atom. The summed E-state index contributed by atoms with van der Waals surface area (Å²) >= 11 is 1.62. The first-order valence-electron chi connectivity index (χ1n) is 5.63. The molecule has 3 nitrogen and oxygen atoms in total. The number of methoxy groups -OCH3 is 1. The molecule has 1 heterocycles. The van der Waals surface area contributed by atoms with Crippen LogP contribution >= 0.6 is 11.3 Å². The van der Waals surface area contributed by atoms with Crippen LogP contribution in [0.5, 0.6) is 5.75 Å². The monoisotopic (exact) mass is 266 g/mol. The third-order valence-electron chi connectivity index (χ3n) is 2.55. The number of rotatable bonds is 5. The number of hydrogen-bond donors (Lipinski definition) is 1. The molecule has 0 spiro atoms. The highest BCUT2D eigenvalue weighted by Gasteiger charge is 2.04. The predicted molar refractivity (Wildman–Crippen MR) is 70.3 cm³/mol. The van der Waals surface area contributed by atoms with Crippen molar-refractivity contribution in [3.8, 4) is 5.75 Å². The molecule has 1 aromatic carbocycles. The van der Waals surface area contributed by atoms with Crippen molar-refractivity contribution in [3.63, 3.8) is 0 Å². The summed E-state index contributed by atoms with van der Waals surface area (Å²) in [6, 6.07) is 4.88. The Labute approximate surface area is 110 Å². The van der Waals surface area contributed by atoms with Gasteiger partial charge in [-0.15, -0.1) is 11.3 Å². The summed E-state index contributed by atoms with van der Waals surface area (Å²) in [6.07, 6.45) is 0. The molecule has 0 radical (unpaired) electrons. The van der Waals surface area contributed by atoms with E-state index in [1.54, 1.807) is 23.5 Å². The molecule has 0 aliphatic heterocycles. The lowest BCUT2D eigenvalue weighted by Crippen LogP contribution is -2.14. The van der Waals surface area contributed by atoms with Gasteiger partial charge in [0.15, 0.2) is 0 Å². The van der Waals surface area contributed by atoms with Gasteiger partial charge in [0.2, 0.25) is 0 Å². The van der Waals surface area contributed by atoms with Crippen molar-refractivity contribution in [1.29, 1.82) is 0 Å². The van der Waals surface area contributed by atoms with E-state index in [1.807, 2.05) is 12.3 Å². The number of benzene rings is 1. The van der Waals surface area contributed by atoms with Gasteiger partial charge in [-0.3, -0.25) is 0 Å². The lowest BCUT2D eigenvalue weighted by molar-refractivity contribution is 0.410. The second kappa shape index (κ2) is 5.93. The minimum atomic E-state index is -0.253. The van der Waals surface area contributed by atoms with Gasteiger partial charge in [-0.05, 0) is 13.0 Å². The van der Waals surface area contributed by atoms with Crippen LogP contribution in [-0.4, -0.2) is 12.1 Å². The van der Waals surface area contributed by atoms with Crippen LogP contribution < -0.4 is 10.1 Å². The number of ether oxygens (including phenoxy) is 1. The maximum absolute atomic E-state index is 13.6. The van der Waals surface area contributed by atoms with Gasteiger partial charge in [-0.25, -0.2) is 9.37 Å². The Kier molecular flexibility index (Phi) is 4.28. The maximum atomic E-state index is 13.6. The Bertz CT molecular complexity index is 527. The number of nitrogens with one attached hydrogen (secondary N) is 1. The Morgan fingerprint density at radius 3 is 2.83 bits per heavy atom. The summed E-state index contributed by atoms with van der Waals surface area (Å²) in [5.74, 6) is 0.280. The number of thiazole rings is 1. The molecule has 0 saturated heterocycles. The molecule has 0 saturated carbocycles. The lowest BCUT2D eigenvalue weighted by Gasteiger charge is -2.06. The number of halogens is 1. The summed E-state index contributed by atoms with van der Waals surface area (Å²) in [5, 5.41) is 6.22. The SMILES string of the molecule is COc1ccc(CNCc2csc(C)n2)c(F)c1. The summed E-state index contributed by atoms with van der Waals surface area (Å²) in [4.78, 5) is 4.33. The van der Waals surface area contributed by atoms with E-state index in [0.29, 0.717) is 24.4 Å². The minimum absolute atomic E-state index is 0.253. The van der Waals surface area contributed by atoms with E-state index in [0.717, 1.165) is 10.7 Å². The van der Waals surface area contributed by atoms with Crippen molar-refractivity contribution in [2.24, 2.45) is 0 Å². The molecule has 2 aromatic rings. The zero-order chi connectivity index (χ0) is 13.0. The summed E-state index contributed by atoms with van der Waals surface area (Å²) < 4.78 is 18.6. The molecule has 0 amide bonds. The van der Waals surface area contributed by atoms with Crippen molar-refractivity contribution in [3.05, 3.63) is 45.7 Å². The van der Waals surface area contributed by atoms with Crippen molar-refractivity contribution in [1.82, 2.24) is 10.3 Å². The summed E-state index contributed by atoms with van der Waals surface area (Å²) in [7, 11) is 1.53. The van der Waals surface area contributed by atoms with Crippen LogP contribution in [0.2, 0.25) is 0 Å². The molecule has 2 rings (SSSR count). The van der Waals surface area contributed by atoms with Gasteiger partial charge < -0.3 is 10.1 Å². The highest BCUT2D eigenvalue weighted by molar-refractivity contribution is 7.09. The molecular weight excluding hydrogens is 251 g/mol. The second-order valence-corrected chi connectivity index (χ2v) is 4.98. The number of aryl methyl sites for hydroxylation is 1. The van der Waals surface area contributed by atoms with Gasteiger partial charge in [-0.1, -0.05) is 6.07 Å². The average molecular weight is 266 g/mol. The second-order valence-electron chi connectivity index (χ2n) is 3.92. The maximum Gasteiger partial charge on any atom is 0.131 e. The molecule has 5 heteroatoms. The molecule has 0 bridgehead atoms. The lowest BCUT2D eigenvalue weighted by atomic mass is 10.2. The van der Waals surface area contributed by atoms with Gasteiger partial charge >= 0.3 is 0 Å². The van der Waals surface area contributed by atoms with Crippen LogP contribution in [0.3, 0.4) is 0 Å². The van der Waals surface area contributed by atoms with Crippen LogP contribution in [0.4, 0.5) is 4.39 Å². The molecule has 0 unspecified atom stereocenters.